The molecule has 40 heavy (non-hydrogen) atoms. The Morgan fingerprint density at radius 2 is 1.88 bits per heavy atom. The molecule has 0 bridgehead atoms. The first-order chi connectivity index (χ1) is 18.8. The van der Waals surface area contributed by atoms with Crippen molar-refractivity contribution in [3.63, 3.8) is 0 Å². The average molecular weight is 566 g/mol. The maximum atomic E-state index is 13.4. The first-order valence-corrected chi connectivity index (χ1v) is 13.7. The van der Waals surface area contributed by atoms with Crippen LogP contribution in [0.25, 0.3) is 11.3 Å². The number of nitrogens with one attached hydrogen (secondary N) is 2. The topological polar surface area (TPSA) is 99.2 Å². The summed E-state index contributed by atoms with van der Waals surface area (Å²) in [5, 5.41) is 14.1. The van der Waals surface area contributed by atoms with Crippen molar-refractivity contribution in [1.29, 1.82) is 0 Å². The summed E-state index contributed by atoms with van der Waals surface area (Å²) < 4.78 is 28.2. The highest BCUT2D eigenvalue weighted by molar-refractivity contribution is 7.14. The van der Waals surface area contributed by atoms with Crippen molar-refractivity contribution in [2.45, 2.75) is 45.6 Å². The number of halogens is 2. The number of rotatable bonds is 5. The molecule has 2 N–H and O–H groups in total. The zero-order chi connectivity index (χ0) is 28.6. The molecule has 208 valence electrons. The van der Waals surface area contributed by atoms with Gasteiger partial charge < -0.3 is 15.1 Å². The number of carbonyl (C=O) groups is 1. The van der Waals surface area contributed by atoms with Crippen LogP contribution < -0.4 is 20.7 Å². The van der Waals surface area contributed by atoms with Crippen LogP contribution in [0.5, 0.6) is 0 Å². The van der Waals surface area contributed by atoms with E-state index in [2.05, 4.69) is 47.5 Å². The van der Waals surface area contributed by atoms with Crippen LogP contribution in [0, 0.1) is 6.92 Å². The molecule has 0 aliphatic carbocycles. The van der Waals surface area contributed by atoms with Gasteiger partial charge in [-0.05, 0) is 41.7 Å². The Morgan fingerprint density at radius 3 is 2.55 bits per heavy atom. The largest absolute Gasteiger partial charge is 0.345 e. The van der Waals surface area contributed by atoms with Gasteiger partial charge in [0.25, 0.3) is 17.4 Å². The van der Waals surface area contributed by atoms with Gasteiger partial charge in [0.15, 0.2) is 5.82 Å². The third kappa shape index (κ3) is 4.45. The third-order valence-electron chi connectivity index (χ3n) is 7.28. The van der Waals surface area contributed by atoms with Crippen LogP contribution in [-0.2, 0) is 19.0 Å². The van der Waals surface area contributed by atoms with E-state index in [0.717, 1.165) is 27.3 Å². The zero-order valence-electron chi connectivity index (χ0n) is 22.8. The normalized spacial score (nSPS) is 16.3. The van der Waals surface area contributed by atoms with Crippen molar-refractivity contribution in [2.24, 2.45) is 7.05 Å². The van der Waals surface area contributed by atoms with Gasteiger partial charge in [-0.25, -0.2) is 13.9 Å². The molecule has 0 atom stereocenters. The summed E-state index contributed by atoms with van der Waals surface area (Å²) in [6, 6.07) is 11.1. The molecule has 1 amide bonds. The van der Waals surface area contributed by atoms with Gasteiger partial charge >= 0.3 is 0 Å². The van der Waals surface area contributed by atoms with Gasteiger partial charge in [-0.3, -0.25) is 14.3 Å². The van der Waals surface area contributed by atoms with Crippen molar-refractivity contribution in [1.82, 2.24) is 20.0 Å². The maximum Gasteiger partial charge on any atom is 0.287 e. The smallest absolute Gasteiger partial charge is 0.287 e. The van der Waals surface area contributed by atoms with Crippen LogP contribution in [0.1, 0.15) is 46.4 Å². The minimum absolute atomic E-state index is 0.0153. The summed E-state index contributed by atoms with van der Waals surface area (Å²) in [4.78, 5) is 31.3. The number of H-pyrrole nitrogens is 1. The number of hydrogen-bond acceptors (Lipinski definition) is 7. The number of aromatic amines is 1. The number of benzene rings is 1. The highest BCUT2D eigenvalue weighted by atomic mass is 32.1. The molecular weight excluding hydrogens is 536 g/mol. The van der Waals surface area contributed by atoms with Crippen molar-refractivity contribution >= 4 is 40.3 Å². The predicted octanol–water partition coefficient (Wildman–Crippen LogP) is 5.20. The number of amides is 1. The van der Waals surface area contributed by atoms with Gasteiger partial charge in [-0.1, -0.05) is 32.9 Å². The molecule has 0 radical (unpaired) electrons. The van der Waals surface area contributed by atoms with E-state index < -0.39 is 11.5 Å². The number of thiophene rings is 1. The monoisotopic (exact) mass is 565 g/mol. The lowest BCUT2D eigenvalue weighted by atomic mass is 9.94. The van der Waals surface area contributed by atoms with Crippen LogP contribution in [0.2, 0.25) is 0 Å². The van der Waals surface area contributed by atoms with Gasteiger partial charge in [0.2, 0.25) is 0 Å². The van der Waals surface area contributed by atoms with Crippen LogP contribution in [-0.4, -0.2) is 44.9 Å². The zero-order valence-corrected chi connectivity index (χ0v) is 23.6. The van der Waals surface area contributed by atoms with Crippen molar-refractivity contribution < 1.29 is 13.6 Å². The Bertz CT molecular complexity index is 1710. The third-order valence-corrected chi connectivity index (χ3v) is 8.87. The van der Waals surface area contributed by atoms with Crippen molar-refractivity contribution in [3.05, 3.63) is 67.6 Å². The number of carbonyl (C=O) groups excluding carboxylic acids is 1. The molecule has 2 aliphatic rings. The first kappa shape index (κ1) is 26.2. The Morgan fingerprint density at radius 1 is 1.12 bits per heavy atom. The standard InChI is InChI=1S/C28H29F2N7O2S/c1-15-17(7-6-8-20(15)37-12-16-9-21(27(2,3)4)40-24(16)26(37)39)18-10-19(25(38)33-32-18)31-22-11-23(35(5)34-22)36-13-28(29,30)14-36/h6-11H,12-14H2,1-5H3,(H,33,38)(H,31,32,34). The second-order valence-corrected chi connectivity index (χ2v) is 12.5. The van der Waals surface area contributed by atoms with E-state index in [1.807, 2.05) is 25.1 Å². The van der Waals surface area contributed by atoms with E-state index in [0.29, 0.717) is 23.9 Å². The summed E-state index contributed by atoms with van der Waals surface area (Å²) in [7, 11) is 1.66. The van der Waals surface area contributed by atoms with Crippen LogP contribution in [0.4, 0.5) is 31.8 Å². The number of alkyl halides is 2. The summed E-state index contributed by atoms with van der Waals surface area (Å²) in [6.45, 7) is 8.12. The molecule has 0 unspecified atom stereocenters. The molecule has 0 saturated carbocycles. The molecule has 0 spiro atoms. The lowest BCUT2D eigenvalue weighted by Crippen LogP contribution is -2.56. The molecule has 4 aromatic rings. The van der Waals surface area contributed by atoms with E-state index in [-0.39, 0.29) is 30.1 Å². The van der Waals surface area contributed by atoms with E-state index in [1.165, 1.54) is 14.5 Å². The quantitative estimate of drug-likeness (QED) is 0.345. The molecule has 2 aliphatic heterocycles. The summed E-state index contributed by atoms with van der Waals surface area (Å²) in [6.07, 6.45) is 0. The fourth-order valence-electron chi connectivity index (χ4n) is 5.11. The fourth-order valence-corrected chi connectivity index (χ4v) is 6.29. The molecule has 12 heteroatoms. The summed E-state index contributed by atoms with van der Waals surface area (Å²) in [5.41, 5.74) is 3.69. The second-order valence-electron chi connectivity index (χ2n) is 11.4. The lowest BCUT2D eigenvalue weighted by Gasteiger charge is -2.39. The molecular formula is C28H29F2N7O2S. The molecule has 5 heterocycles. The number of nitrogens with zero attached hydrogens (tertiary/aromatic N) is 5. The van der Waals surface area contributed by atoms with E-state index in [1.54, 1.807) is 35.4 Å². The first-order valence-electron chi connectivity index (χ1n) is 12.9. The molecule has 1 saturated heterocycles. The van der Waals surface area contributed by atoms with Crippen LogP contribution >= 0.6 is 11.3 Å². The Labute approximate surface area is 233 Å². The minimum Gasteiger partial charge on any atom is -0.345 e. The minimum atomic E-state index is -2.71. The van der Waals surface area contributed by atoms with Crippen molar-refractivity contribution in [3.8, 4) is 11.3 Å². The molecule has 1 aromatic carbocycles. The lowest BCUT2D eigenvalue weighted by molar-refractivity contribution is -0.0270. The number of aromatic nitrogens is 4. The number of hydrogen-bond donors (Lipinski definition) is 2. The van der Waals surface area contributed by atoms with Gasteiger partial charge in [0.05, 0.1) is 30.2 Å². The summed E-state index contributed by atoms with van der Waals surface area (Å²) in [5.74, 6) is -1.84. The number of aryl methyl sites for hydroxylation is 1. The second kappa shape index (κ2) is 8.98. The van der Waals surface area contributed by atoms with Gasteiger partial charge in [-0.15, -0.1) is 11.3 Å². The molecule has 3 aromatic heterocycles. The number of anilines is 4. The molecule has 9 nitrogen and oxygen atoms in total. The van der Waals surface area contributed by atoms with E-state index >= 15 is 0 Å². The Balaban J connectivity index is 1.27. The highest BCUT2D eigenvalue weighted by Gasteiger charge is 2.45. The van der Waals surface area contributed by atoms with E-state index in [4.69, 9.17) is 0 Å². The van der Waals surface area contributed by atoms with Gasteiger partial charge in [0.1, 0.15) is 11.5 Å². The van der Waals surface area contributed by atoms with Gasteiger partial charge in [0, 0.05) is 29.2 Å². The Kier molecular flexibility index (Phi) is 5.88. The van der Waals surface area contributed by atoms with Crippen LogP contribution in [0.15, 0.2) is 41.2 Å². The maximum absolute atomic E-state index is 13.4. The SMILES string of the molecule is Cc1c(-c2cc(Nc3cc(N4CC(F)(F)C4)n(C)n3)c(=O)[nH]n2)cccc1N1Cc2cc(C(C)(C)C)sc2C1=O. The molecule has 6 rings (SSSR count). The highest BCUT2D eigenvalue weighted by Crippen LogP contribution is 2.41. The molecule has 1 fully saturated rings. The number of fused-ring (bicyclic) bond motifs is 1. The fraction of sp³-hybridized carbons (Fsp3) is 0.357. The average Bonchev–Trinajstić information content (AvgIpc) is 3.53. The predicted molar refractivity (Wildman–Crippen MR) is 152 cm³/mol. The summed E-state index contributed by atoms with van der Waals surface area (Å²) >= 11 is 1.56. The van der Waals surface area contributed by atoms with Gasteiger partial charge in [-0.2, -0.15) is 10.2 Å². The van der Waals surface area contributed by atoms with E-state index in [9.17, 15) is 18.4 Å². The van der Waals surface area contributed by atoms with Crippen LogP contribution in [0.3, 0.4) is 0 Å². The Hall–Kier alpha value is -4.06. The van der Waals surface area contributed by atoms with Crippen molar-refractivity contribution in [2.75, 3.05) is 28.2 Å².